The van der Waals surface area contributed by atoms with Crippen molar-refractivity contribution in [1.82, 2.24) is 9.80 Å². The molecule has 1 heterocycles. The molecule has 0 spiro atoms. The number of likely N-dealkylation sites (tertiary alicyclic amines) is 1. The van der Waals surface area contributed by atoms with Gasteiger partial charge in [-0.1, -0.05) is 30.3 Å². The second-order valence-electron chi connectivity index (χ2n) is 7.04. The molecular weight excluding hydrogens is 318 g/mol. The smallest absolute Gasteiger partial charge is 0.410 e. The summed E-state index contributed by atoms with van der Waals surface area (Å²) < 4.78 is 5.50. The van der Waals surface area contributed by atoms with Gasteiger partial charge in [-0.05, 0) is 38.2 Å². The van der Waals surface area contributed by atoms with E-state index in [4.69, 9.17) is 10.5 Å². The predicted octanol–water partition coefficient (Wildman–Crippen LogP) is 2.13. The Morgan fingerprint density at radius 2 is 2.00 bits per heavy atom. The maximum Gasteiger partial charge on any atom is 0.410 e. The fourth-order valence-corrected chi connectivity index (χ4v) is 3.37. The van der Waals surface area contributed by atoms with Gasteiger partial charge in [0.1, 0.15) is 6.61 Å². The average Bonchev–Trinajstić information content (AvgIpc) is 3.35. The third kappa shape index (κ3) is 4.51. The van der Waals surface area contributed by atoms with E-state index in [2.05, 4.69) is 0 Å². The number of amides is 2. The SMILES string of the molecule is C[C@H](N)C(=O)N1CCC[C@@H]1CN(C(=O)OCc1ccccc1)C1CC1. The number of nitrogens with zero attached hydrogens (tertiary/aromatic N) is 2. The lowest BCUT2D eigenvalue weighted by Gasteiger charge is -2.31. The summed E-state index contributed by atoms with van der Waals surface area (Å²) >= 11 is 0. The Morgan fingerprint density at radius 3 is 2.64 bits per heavy atom. The summed E-state index contributed by atoms with van der Waals surface area (Å²) in [5.74, 6) is -0.0316. The van der Waals surface area contributed by atoms with Crippen molar-refractivity contribution in [3.8, 4) is 0 Å². The summed E-state index contributed by atoms with van der Waals surface area (Å²) in [6, 6.07) is 9.46. The van der Waals surface area contributed by atoms with Gasteiger partial charge in [0.15, 0.2) is 0 Å². The summed E-state index contributed by atoms with van der Waals surface area (Å²) in [7, 11) is 0. The van der Waals surface area contributed by atoms with Crippen LogP contribution in [0.15, 0.2) is 30.3 Å². The Kier molecular flexibility index (Phi) is 5.58. The zero-order chi connectivity index (χ0) is 17.8. The minimum absolute atomic E-state index is 0.0316. The van der Waals surface area contributed by atoms with Crippen molar-refractivity contribution in [2.75, 3.05) is 13.1 Å². The van der Waals surface area contributed by atoms with Gasteiger partial charge in [-0.2, -0.15) is 0 Å². The molecule has 25 heavy (non-hydrogen) atoms. The molecular formula is C19H27N3O3. The van der Waals surface area contributed by atoms with Gasteiger partial charge in [0.2, 0.25) is 5.91 Å². The molecule has 1 saturated carbocycles. The summed E-state index contributed by atoms with van der Waals surface area (Å²) in [4.78, 5) is 28.5. The van der Waals surface area contributed by atoms with Gasteiger partial charge in [-0.15, -0.1) is 0 Å². The van der Waals surface area contributed by atoms with Crippen LogP contribution >= 0.6 is 0 Å². The number of hydrogen-bond donors (Lipinski definition) is 1. The summed E-state index contributed by atoms with van der Waals surface area (Å²) in [6.07, 6.45) is 3.60. The van der Waals surface area contributed by atoms with Crippen LogP contribution in [0.25, 0.3) is 0 Å². The molecule has 0 aromatic heterocycles. The van der Waals surface area contributed by atoms with Crippen LogP contribution < -0.4 is 5.73 Å². The minimum atomic E-state index is -0.500. The van der Waals surface area contributed by atoms with Gasteiger partial charge in [-0.3, -0.25) is 4.79 Å². The minimum Gasteiger partial charge on any atom is -0.445 e. The molecule has 2 aliphatic rings. The zero-order valence-corrected chi connectivity index (χ0v) is 14.8. The van der Waals surface area contributed by atoms with E-state index in [0.717, 1.165) is 37.8 Å². The molecule has 2 atom stereocenters. The number of nitrogens with two attached hydrogens (primary N) is 1. The second kappa shape index (κ2) is 7.87. The van der Waals surface area contributed by atoms with Gasteiger partial charge in [-0.25, -0.2) is 4.79 Å². The van der Waals surface area contributed by atoms with E-state index in [-0.39, 0.29) is 30.7 Å². The summed E-state index contributed by atoms with van der Waals surface area (Å²) in [6.45, 7) is 3.25. The molecule has 6 nitrogen and oxygen atoms in total. The van der Waals surface area contributed by atoms with Crippen LogP contribution in [-0.2, 0) is 16.1 Å². The molecule has 136 valence electrons. The Morgan fingerprint density at radius 1 is 1.28 bits per heavy atom. The number of carbonyl (C=O) groups excluding carboxylic acids is 2. The van der Waals surface area contributed by atoms with Crippen molar-refractivity contribution in [2.24, 2.45) is 5.73 Å². The van der Waals surface area contributed by atoms with E-state index >= 15 is 0 Å². The normalized spacial score (nSPS) is 21.0. The number of benzene rings is 1. The first-order chi connectivity index (χ1) is 12.1. The average molecular weight is 345 g/mol. The number of hydrogen-bond acceptors (Lipinski definition) is 4. The van der Waals surface area contributed by atoms with E-state index in [1.54, 1.807) is 11.8 Å². The summed E-state index contributed by atoms with van der Waals surface area (Å²) in [5.41, 5.74) is 6.73. The molecule has 1 aliphatic heterocycles. The Balaban J connectivity index is 1.59. The molecule has 2 fully saturated rings. The molecule has 0 bridgehead atoms. The third-order valence-electron chi connectivity index (χ3n) is 4.88. The lowest BCUT2D eigenvalue weighted by atomic mass is 10.2. The van der Waals surface area contributed by atoms with E-state index in [1.807, 2.05) is 35.2 Å². The Labute approximate surface area is 148 Å². The van der Waals surface area contributed by atoms with Crippen LogP contribution in [0.4, 0.5) is 4.79 Å². The largest absolute Gasteiger partial charge is 0.445 e. The molecule has 0 unspecified atom stereocenters. The van der Waals surface area contributed by atoms with Crippen molar-refractivity contribution in [2.45, 2.75) is 57.3 Å². The van der Waals surface area contributed by atoms with Gasteiger partial charge in [0, 0.05) is 25.2 Å². The van der Waals surface area contributed by atoms with Crippen molar-refractivity contribution in [3.05, 3.63) is 35.9 Å². The van der Waals surface area contributed by atoms with Crippen LogP contribution in [0.1, 0.15) is 38.2 Å². The molecule has 1 aromatic rings. The Hall–Kier alpha value is -2.08. The highest BCUT2D eigenvalue weighted by molar-refractivity contribution is 5.81. The van der Waals surface area contributed by atoms with Crippen LogP contribution in [0.2, 0.25) is 0 Å². The van der Waals surface area contributed by atoms with Gasteiger partial charge < -0.3 is 20.3 Å². The number of carbonyl (C=O) groups is 2. The maximum absolute atomic E-state index is 12.6. The zero-order valence-electron chi connectivity index (χ0n) is 14.8. The van der Waals surface area contributed by atoms with E-state index in [1.165, 1.54) is 0 Å². The molecule has 1 aliphatic carbocycles. The molecule has 0 radical (unpaired) electrons. The number of ether oxygens (including phenoxy) is 1. The highest BCUT2D eigenvalue weighted by atomic mass is 16.6. The van der Waals surface area contributed by atoms with Crippen molar-refractivity contribution >= 4 is 12.0 Å². The van der Waals surface area contributed by atoms with Crippen LogP contribution in [0.5, 0.6) is 0 Å². The first-order valence-electron chi connectivity index (χ1n) is 9.09. The van der Waals surface area contributed by atoms with E-state index in [0.29, 0.717) is 6.54 Å². The van der Waals surface area contributed by atoms with Crippen LogP contribution in [-0.4, -0.2) is 53.0 Å². The number of rotatable bonds is 6. The lowest BCUT2D eigenvalue weighted by molar-refractivity contribution is -0.133. The Bertz CT molecular complexity index is 601. The van der Waals surface area contributed by atoms with E-state index in [9.17, 15) is 9.59 Å². The van der Waals surface area contributed by atoms with Crippen molar-refractivity contribution in [3.63, 3.8) is 0 Å². The van der Waals surface area contributed by atoms with Gasteiger partial charge >= 0.3 is 6.09 Å². The second-order valence-corrected chi connectivity index (χ2v) is 7.04. The molecule has 2 N–H and O–H groups in total. The first kappa shape index (κ1) is 17.7. The van der Waals surface area contributed by atoms with Crippen LogP contribution in [0, 0.1) is 0 Å². The first-order valence-corrected chi connectivity index (χ1v) is 9.09. The fraction of sp³-hybridized carbons (Fsp3) is 0.579. The van der Waals surface area contributed by atoms with Crippen LogP contribution in [0.3, 0.4) is 0 Å². The summed E-state index contributed by atoms with van der Waals surface area (Å²) in [5, 5.41) is 0. The van der Waals surface area contributed by atoms with Gasteiger partial charge in [0.05, 0.1) is 6.04 Å². The van der Waals surface area contributed by atoms with Crippen molar-refractivity contribution < 1.29 is 14.3 Å². The highest BCUT2D eigenvalue weighted by Gasteiger charge is 2.38. The quantitative estimate of drug-likeness (QED) is 0.857. The monoisotopic (exact) mass is 345 g/mol. The van der Waals surface area contributed by atoms with E-state index < -0.39 is 6.04 Å². The maximum atomic E-state index is 12.6. The lowest BCUT2D eigenvalue weighted by Crippen LogP contribution is -2.50. The van der Waals surface area contributed by atoms with Crippen molar-refractivity contribution in [1.29, 1.82) is 0 Å². The molecule has 1 saturated heterocycles. The molecule has 6 heteroatoms. The standard InChI is InChI=1S/C19H27N3O3/c1-14(20)18(23)21-11-5-8-17(21)12-22(16-9-10-16)19(24)25-13-15-6-3-2-4-7-15/h2-4,6-7,14,16-17H,5,8-13,20H2,1H3/t14-,17+/m0/s1. The molecule has 3 rings (SSSR count). The topological polar surface area (TPSA) is 75.9 Å². The van der Waals surface area contributed by atoms with Gasteiger partial charge in [0.25, 0.3) is 0 Å². The predicted molar refractivity (Wildman–Crippen MR) is 94.7 cm³/mol. The molecule has 1 aromatic carbocycles. The molecule has 2 amide bonds. The highest BCUT2D eigenvalue weighted by Crippen LogP contribution is 2.30. The third-order valence-corrected chi connectivity index (χ3v) is 4.88. The fourth-order valence-electron chi connectivity index (χ4n) is 3.37.